The first-order chi connectivity index (χ1) is 17.1. The van der Waals surface area contributed by atoms with E-state index in [-0.39, 0.29) is 29.0 Å². The van der Waals surface area contributed by atoms with Gasteiger partial charge < -0.3 is 19.5 Å². The number of cyclic esters (lactones) is 1. The molecule has 5 rings (SSSR count). The van der Waals surface area contributed by atoms with E-state index in [1.807, 2.05) is 11.0 Å². The number of phenolic OH excluding ortho intramolecular Hbond substituents is 1. The fourth-order valence-corrected chi connectivity index (χ4v) is 5.75. The highest BCUT2D eigenvalue weighted by atomic mass is 35.5. The molecule has 0 amide bonds. The van der Waals surface area contributed by atoms with Crippen molar-refractivity contribution in [3.05, 3.63) is 70.5 Å². The topological polar surface area (TPSA) is 105 Å². The summed E-state index contributed by atoms with van der Waals surface area (Å²) in [6.45, 7) is 1.18. The number of fused-ring (bicyclic) bond motifs is 6. The number of esters is 1. The number of methoxy groups -OCH3 is 1. The van der Waals surface area contributed by atoms with Crippen molar-refractivity contribution in [1.82, 2.24) is 0 Å². The monoisotopic (exact) mass is 532 g/mol. The lowest BCUT2D eigenvalue weighted by atomic mass is 9.96. The molecule has 2 aliphatic rings. The first kappa shape index (κ1) is 24.4. The maximum atomic E-state index is 14.3. The molecule has 188 valence electrons. The first-order valence-electron chi connectivity index (χ1n) is 11.1. The summed E-state index contributed by atoms with van der Waals surface area (Å²) in [5, 5.41) is 10.1. The van der Waals surface area contributed by atoms with Crippen LogP contribution in [0.25, 0.3) is 11.1 Å². The van der Waals surface area contributed by atoms with Gasteiger partial charge in [-0.05, 0) is 59.2 Å². The second kappa shape index (κ2) is 9.27. The molecule has 8 nitrogen and oxygen atoms in total. The van der Waals surface area contributed by atoms with Crippen molar-refractivity contribution in [1.29, 1.82) is 0 Å². The number of nitrogens with zero attached hydrogens (tertiary/aromatic N) is 1. The van der Waals surface area contributed by atoms with Crippen LogP contribution in [0.2, 0.25) is 5.02 Å². The van der Waals surface area contributed by atoms with E-state index in [1.165, 1.54) is 12.1 Å². The van der Waals surface area contributed by atoms with Crippen LogP contribution in [0.1, 0.15) is 15.9 Å². The Labute approximate surface area is 212 Å². The van der Waals surface area contributed by atoms with Crippen LogP contribution >= 0.6 is 11.6 Å². The summed E-state index contributed by atoms with van der Waals surface area (Å²) in [5.74, 6) is -1.96. The highest BCUT2D eigenvalue weighted by Gasteiger charge is 2.29. The number of nitrogens with one attached hydrogen (secondary N) is 1. The van der Waals surface area contributed by atoms with Crippen LogP contribution < -0.4 is 9.62 Å². The molecule has 2 N–H and O–H groups in total. The number of carbonyl (C=O) groups excluding carboxylic acids is 1. The average molecular weight is 533 g/mol. The van der Waals surface area contributed by atoms with E-state index < -0.39 is 32.5 Å². The molecule has 3 aromatic carbocycles. The zero-order chi connectivity index (χ0) is 25.6. The number of hydrogen-bond donors (Lipinski definition) is 2. The van der Waals surface area contributed by atoms with Gasteiger partial charge in [0.05, 0.1) is 29.0 Å². The standard InChI is InChI=1S/C25H22ClFN2O6S/c1-34-20-12-29(13-20)19-7-15-6-18(11-19)28-36(32,33)23-9-16(8-22(26)24(23)30)25(31)35-5-4-14-2-3-17(27)10-21(14)15/h2-3,6-11,20,28,30H,4-5,12-13H2,1H3. The quantitative estimate of drug-likeness (QED) is 0.476. The molecule has 0 spiro atoms. The fourth-order valence-electron chi connectivity index (χ4n) is 4.29. The highest BCUT2D eigenvalue weighted by Crippen LogP contribution is 2.37. The van der Waals surface area contributed by atoms with Crippen LogP contribution in [-0.2, 0) is 25.9 Å². The molecule has 2 aliphatic heterocycles. The Balaban J connectivity index is 1.69. The molecule has 0 unspecified atom stereocenters. The molecular formula is C25H22ClFN2O6S. The van der Waals surface area contributed by atoms with E-state index in [1.54, 1.807) is 25.3 Å². The van der Waals surface area contributed by atoms with Crippen molar-refractivity contribution in [3.8, 4) is 16.9 Å². The number of aromatic hydroxyl groups is 1. The molecule has 0 aliphatic carbocycles. The Kier molecular flexibility index (Phi) is 6.27. The van der Waals surface area contributed by atoms with E-state index in [2.05, 4.69) is 4.72 Å². The maximum absolute atomic E-state index is 14.3. The van der Waals surface area contributed by atoms with Crippen LogP contribution in [0.3, 0.4) is 0 Å². The van der Waals surface area contributed by atoms with E-state index in [0.29, 0.717) is 36.3 Å². The summed E-state index contributed by atoms with van der Waals surface area (Å²) in [5.41, 5.74) is 2.60. The minimum Gasteiger partial charge on any atom is -0.505 e. The van der Waals surface area contributed by atoms with Crippen molar-refractivity contribution >= 4 is 39.0 Å². The van der Waals surface area contributed by atoms with Crippen LogP contribution in [0, 0.1) is 5.82 Å². The number of halogens is 2. The van der Waals surface area contributed by atoms with Gasteiger partial charge in [0.15, 0.2) is 5.75 Å². The van der Waals surface area contributed by atoms with Crippen molar-refractivity contribution < 1.29 is 32.2 Å². The summed E-state index contributed by atoms with van der Waals surface area (Å²) >= 11 is 6.04. The second-order valence-electron chi connectivity index (χ2n) is 8.63. The van der Waals surface area contributed by atoms with E-state index in [9.17, 15) is 22.7 Å². The molecule has 4 bridgehead atoms. The van der Waals surface area contributed by atoms with E-state index in [4.69, 9.17) is 21.1 Å². The van der Waals surface area contributed by atoms with E-state index >= 15 is 0 Å². The summed E-state index contributed by atoms with van der Waals surface area (Å²) in [6.07, 6.45) is 0.341. The lowest BCUT2D eigenvalue weighted by Gasteiger charge is -2.40. The van der Waals surface area contributed by atoms with Gasteiger partial charge in [0, 0.05) is 32.3 Å². The van der Waals surface area contributed by atoms with Gasteiger partial charge >= 0.3 is 5.97 Å². The third-order valence-corrected chi connectivity index (χ3v) is 7.94. The van der Waals surface area contributed by atoms with Gasteiger partial charge in [0.1, 0.15) is 10.7 Å². The SMILES string of the molecule is COC1CN(c2cc3cc(c2)-c2cc(F)ccc2CCOC(=O)c2cc(Cl)c(O)c(c2)S(=O)(=O)N3)C1. The second-order valence-corrected chi connectivity index (χ2v) is 10.7. The molecule has 36 heavy (non-hydrogen) atoms. The summed E-state index contributed by atoms with van der Waals surface area (Å²) in [4.78, 5) is 14.0. The molecule has 0 saturated carbocycles. The Morgan fingerprint density at radius 1 is 1.14 bits per heavy atom. The molecular weight excluding hydrogens is 511 g/mol. The first-order valence-corrected chi connectivity index (χ1v) is 12.9. The van der Waals surface area contributed by atoms with Gasteiger partial charge in [-0.2, -0.15) is 0 Å². The van der Waals surface area contributed by atoms with Crippen molar-refractivity contribution in [2.45, 2.75) is 17.4 Å². The smallest absolute Gasteiger partial charge is 0.338 e. The fraction of sp³-hybridized carbons (Fsp3) is 0.240. The number of sulfonamides is 1. The van der Waals surface area contributed by atoms with Gasteiger partial charge in [-0.1, -0.05) is 17.7 Å². The number of hydrogen-bond acceptors (Lipinski definition) is 7. The lowest BCUT2D eigenvalue weighted by Crippen LogP contribution is -2.51. The van der Waals surface area contributed by atoms with Crippen LogP contribution in [0.15, 0.2) is 53.4 Å². The van der Waals surface area contributed by atoms with Gasteiger partial charge in [-0.25, -0.2) is 17.6 Å². The molecule has 0 atom stereocenters. The molecule has 3 aromatic rings. The molecule has 11 heteroatoms. The molecule has 1 fully saturated rings. The van der Waals surface area contributed by atoms with Gasteiger partial charge in [-0.3, -0.25) is 4.72 Å². The van der Waals surface area contributed by atoms with Crippen molar-refractivity contribution in [2.75, 3.05) is 36.4 Å². The molecule has 2 heterocycles. The zero-order valence-corrected chi connectivity index (χ0v) is 20.7. The van der Waals surface area contributed by atoms with Crippen LogP contribution in [0.5, 0.6) is 5.75 Å². The number of benzene rings is 3. The Hall–Kier alpha value is -3.34. The van der Waals surface area contributed by atoms with Crippen molar-refractivity contribution in [2.24, 2.45) is 0 Å². The number of rotatable bonds is 2. The Morgan fingerprint density at radius 2 is 1.92 bits per heavy atom. The third-order valence-electron chi connectivity index (χ3n) is 6.26. The predicted octanol–water partition coefficient (Wildman–Crippen LogP) is 4.20. The summed E-state index contributed by atoms with van der Waals surface area (Å²) < 4.78 is 54.1. The lowest BCUT2D eigenvalue weighted by molar-refractivity contribution is 0.0509. The largest absolute Gasteiger partial charge is 0.505 e. The Morgan fingerprint density at radius 3 is 2.67 bits per heavy atom. The van der Waals surface area contributed by atoms with Gasteiger partial charge in [-0.15, -0.1) is 0 Å². The number of ether oxygens (including phenoxy) is 2. The highest BCUT2D eigenvalue weighted by molar-refractivity contribution is 7.92. The summed E-state index contributed by atoms with van der Waals surface area (Å²) in [6, 6.07) is 11.5. The third kappa shape index (κ3) is 4.59. The minimum absolute atomic E-state index is 0.0372. The van der Waals surface area contributed by atoms with Gasteiger partial charge in [0.25, 0.3) is 10.0 Å². The number of anilines is 2. The minimum atomic E-state index is -4.39. The maximum Gasteiger partial charge on any atom is 0.338 e. The molecule has 0 radical (unpaired) electrons. The molecule has 1 saturated heterocycles. The van der Waals surface area contributed by atoms with Gasteiger partial charge in [0.2, 0.25) is 0 Å². The van der Waals surface area contributed by atoms with Crippen LogP contribution in [0.4, 0.5) is 15.8 Å². The predicted molar refractivity (Wildman–Crippen MR) is 133 cm³/mol. The van der Waals surface area contributed by atoms with Crippen LogP contribution in [-0.4, -0.2) is 52.4 Å². The average Bonchev–Trinajstić information content (AvgIpc) is 2.79. The zero-order valence-electron chi connectivity index (χ0n) is 19.1. The number of carbonyl (C=O) groups is 1. The summed E-state index contributed by atoms with van der Waals surface area (Å²) in [7, 11) is -2.76. The normalized spacial score (nSPS) is 17.3. The molecule has 0 aromatic heterocycles. The number of phenols is 1. The van der Waals surface area contributed by atoms with E-state index in [0.717, 1.165) is 17.7 Å². The van der Waals surface area contributed by atoms with Crippen molar-refractivity contribution in [3.63, 3.8) is 0 Å². The Bertz CT molecular complexity index is 1470.